The molecule has 1 aromatic carbocycles. The average Bonchev–Trinajstić information content (AvgIpc) is 2.81. The van der Waals surface area contributed by atoms with Crippen molar-refractivity contribution in [3.05, 3.63) is 52.1 Å². The van der Waals surface area contributed by atoms with E-state index in [0.29, 0.717) is 16.8 Å². The Bertz CT molecular complexity index is 816. The van der Waals surface area contributed by atoms with E-state index in [-0.39, 0.29) is 5.82 Å². The zero-order valence-corrected chi connectivity index (χ0v) is 13.6. The van der Waals surface area contributed by atoms with E-state index in [9.17, 15) is 4.39 Å². The van der Waals surface area contributed by atoms with Crippen molar-refractivity contribution in [3.63, 3.8) is 0 Å². The fraction of sp³-hybridized carbons (Fsp3) is 0.200. The van der Waals surface area contributed by atoms with Gasteiger partial charge in [-0.05, 0) is 52.7 Å². The lowest BCUT2D eigenvalue weighted by Crippen LogP contribution is -2.05. The van der Waals surface area contributed by atoms with Crippen LogP contribution in [0.5, 0.6) is 0 Å². The molecule has 0 N–H and O–H groups in total. The maximum absolute atomic E-state index is 13.7. The van der Waals surface area contributed by atoms with Gasteiger partial charge in [-0.2, -0.15) is 0 Å². The van der Waals surface area contributed by atoms with Crippen molar-refractivity contribution in [2.24, 2.45) is 0 Å². The second-order valence-corrected chi connectivity index (χ2v) is 5.93. The van der Waals surface area contributed by atoms with E-state index in [1.807, 2.05) is 23.6 Å². The lowest BCUT2D eigenvalue weighted by Gasteiger charge is -2.12. The van der Waals surface area contributed by atoms with Gasteiger partial charge in [-0.25, -0.2) is 14.4 Å². The minimum absolute atomic E-state index is 0.285. The molecule has 0 spiro atoms. The Morgan fingerprint density at radius 1 is 1.38 bits per heavy atom. The average molecular weight is 369 g/mol. The molecule has 0 saturated heterocycles. The second kappa shape index (κ2) is 5.73. The fourth-order valence-electron chi connectivity index (χ4n) is 2.34. The summed E-state index contributed by atoms with van der Waals surface area (Å²) in [6, 6.07) is 7.00. The van der Waals surface area contributed by atoms with Crippen LogP contribution < -0.4 is 0 Å². The van der Waals surface area contributed by atoms with Crippen molar-refractivity contribution in [2.75, 3.05) is 5.88 Å². The zero-order valence-electron chi connectivity index (χ0n) is 11.3. The number of rotatable bonds is 3. The van der Waals surface area contributed by atoms with Crippen LogP contribution in [-0.2, 0) is 6.42 Å². The van der Waals surface area contributed by atoms with Crippen LogP contribution in [0, 0.1) is 12.7 Å². The molecule has 0 fully saturated rings. The van der Waals surface area contributed by atoms with Crippen LogP contribution in [0.15, 0.2) is 34.9 Å². The molecule has 0 saturated carbocycles. The Morgan fingerprint density at radius 2 is 2.19 bits per heavy atom. The second-order valence-electron chi connectivity index (χ2n) is 4.70. The molecule has 0 unspecified atom stereocenters. The van der Waals surface area contributed by atoms with Gasteiger partial charge in [0.15, 0.2) is 5.65 Å². The third-order valence-electron chi connectivity index (χ3n) is 3.28. The molecule has 0 atom stereocenters. The van der Waals surface area contributed by atoms with E-state index in [2.05, 4.69) is 25.9 Å². The van der Waals surface area contributed by atoms with Crippen molar-refractivity contribution in [1.82, 2.24) is 14.5 Å². The number of alkyl halides is 1. The van der Waals surface area contributed by atoms with E-state index in [1.165, 1.54) is 6.07 Å². The van der Waals surface area contributed by atoms with Gasteiger partial charge in [-0.3, -0.25) is 4.57 Å². The van der Waals surface area contributed by atoms with Crippen LogP contribution in [0.25, 0.3) is 16.9 Å². The molecule has 21 heavy (non-hydrogen) atoms. The minimum atomic E-state index is -0.285. The highest BCUT2D eigenvalue weighted by Crippen LogP contribution is 2.27. The van der Waals surface area contributed by atoms with E-state index in [0.717, 1.165) is 28.2 Å². The Hall–Kier alpha value is -1.46. The van der Waals surface area contributed by atoms with Crippen molar-refractivity contribution in [1.29, 1.82) is 0 Å². The Morgan fingerprint density at radius 3 is 2.95 bits per heavy atom. The van der Waals surface area contributed by atoms with Gasteiger partial charge in [0.2, 0.25) is 0 Å². The number of fused-ring (bicyclic) bond motifs is 1. The number of hydrogen-bond donors (Lipinski definition) is 0. The first kappa shape index (κ1) is 14.5. The maximum Gasteiger partial charge on any atom is 0.164 e. The van der Waals surface area contributed by atoms with E-state index in [1.54, 1.807) is 12.3 Å². The molecule has 0 bridgehead atoms. The smallest absolute Gasteiger partial charge is 0.164 e. The molecule has 0 aliphatic heterocycles. The first-order chi connectivity index (χ1) is 10.1. The third-order valence-corrected chi connectivity index (χ3v) is 4.08. The molecular formula is C15H12BrClFN3. The molecular weight excluding hydrogens is 357 g/mol. The van der Waals surface area contributed by atoms with Crippen LogP contribution in [0.1, 0.15) is 11.4 Å². The van der Waals surface area contributed by atoms with Crippen LogP contribution >= 0.6 is 27.5 Å². The number of pyridine rings is 1. The summed E-state index contributed by atoms with van der Waals surface area (Å²) in [7, 11) is 0. The standard InChI is InChI=1S/C15H12BrClFN3/c1-9-7-11(18)10(16)8-13(9)21-14(4-5-17)20-12-3-2-6-19-15(12)21/h2-3,6-8H,4-5H2,1H3. The molecule has 6 heteroatoms. The number of benzene rings is 1. The number of aryl methyl sites for hydroxylation is 2. The van der Waals surface area contributed by atoms with Crippen molar-refractivity contribution in [3.8, 4) is 5.69 Å². The zero-order chi connectivity index (χ0) is 15.0. The van der Waals surface area contributed by atoms with Crippen molar-refractivity contribution >= 4 is 38.7 Å². The monoisotopic (exact) mass is 367 g/mol. The van der Waals surface area contributed by atoms with Crippen molar-refractivity contribution in [2.45, 2.75) is 13.3 Å². The lowest BCUT2D eigenvalue weighted by molar-refractivity contribution is 0.619. The number of nitrogens with zero attached hydrogens (tertiary/aromatic N) is 3. The summed E-state index contributed by atoms with van der Waals surface area (Å²) in [6.45, 7) is 1.87. The Labute approximate surface area is 134 Å². The van der Waals surface area contributed by atoms with E-state index < -0.39 is 0 Å². The summed E-state index contributed by atoms with van der Waals surface area (Å²) in [5.41, 5.74) is 3.22. The van der Waals surface area contributed by atoms with Gasteiger partial charge >= 0.3 is 0 Å². The van der Waals surface area contributed by atoms with Crippen LogP contribution in [-0.4, -0.2) is 20.4 Å². The molecule has 3 nitrogen and oxygen atoms in total. The van der Waals surface area contributed by atoms with Gasteiger partial charge in [0.1, 0.15) is 17.2 Å². The van der Waals surface area contributed by atoms with Gasteiger partial charge in [-0.15, -0.1) is 11.6 Å². The van der Waals surface area contributed by atoms with Crippen LogP contribution in [0.4, 0.5) is 4.39 Å². The predicted octanol–water partition coefficient (Wildman–Crippen LogP) is 4.41. The highest BCUT2D eigenvalue weighted by atomic mass is 79.9. The van der Waals surface area contributed by atoms with Crippen LogP contribution in [0.2, 0.25) is 0 Å². The summed E-state index contributed by atoms with van der Waals surface area (Å²) in [6.07, 6.45) is 2.34. The molecule has 0 aliphatic carbocycles. The van der Waals surface area contributed by atoms with E-state index >= 15 is 0 Å². The van der Waals surface area contributed by atoms with E-state index in [4.69, 9.17) is 11.6 Å². The normalized spacial score (nSPS) is 11.2. The minimum Gasteiger partial charge on any atom is -0.280 e. The fourth-order valence-corrected chi connectivity index (χ4v) is 2.84. The SMILES string of the molecule is Cc1cc(F)c(Br)cc1-n1c(CCCl)nc2cccnc21. The van der Waals surface area contributed by atoms with Gasteiger partial charge in [0.25, 0.3) is 0 Å². The summed E-state index contributed by atoms with van der Waals surface area (Å²) >= 11 is 9.11. The highest BCUT2D eigenvalue weighted by Gasteiger charge is 2.16. The molecule has 0 radical (unpaired) electrons. The summed E-state index contributed by atoms with van der Waals surface area (Å²) in [4.78, 5) is 8.98. The molecule has 3 aromatic rings. The molecule has 3 rings (SSSR count). The maximum atomic E-state index is 13.7. The van der Waals surface area contributed by atoms with Gasteiger partial charge < -0.3 is 0 Å². The predicted molar refractivity (Wildman–Crippen MR) is 85.7 cm³/mol. The number of halogens is 3. The number of imidazole rings is 1. The number of aromatic nitrogens is 3. The Balaban J connectivity index is 2.32. The first-order valence-electron chi connectivity index (χ1n) is 6.46. The first-order valence-corrected chi connectivity index (χ1v) is 7.79. The molecule has 108 valence electrons. The topological polar surface area (TPSA) is 30.7 Å². The molecule has 2 aromatic heterocycles. The molecule has 0 aliphatic rings. The summed E-state index contributed by atoms with van der Waals surface area (Å²) in [5.74, 6) is 0.998. The number of hydrogen-bond acceptors (Lipinski definition) is 2. The van der Waals surface area contributed by atoms with Crippen LogP contribution in [0.3, 0.4) is 0 Å². The largest absolute Gasteiger partial charge is 0.280 e. The lowest BCUT2D eigenvalue weighted by atomic mass is 10.2. The highest BCUT2D eigenvalue weighted by molar-refractivity contribution is 9.10. The van der Waals surface area contributed by atoms with Gasteiger partial charge in [-0.1, -0.05) is 0 Å². The third kappa shape index (κ3) is 2.56. The molecule has 2 heterocycles. The molecule has 0 amide bonds. The quantitative estimate of drug-likeness (QED) is 0.641. The summed E-state index contributed by atoms with van der Waals surface area (Å²) in [5, 5.41) is 0. The Kier molecular flexibility index (Phi) is 3.95. The summed E-state index contributed by atoms with van der Waals surface area (Å²) < 4.78 is 16.0. The van der Waals surface area contributed by atoms with Crippen molar-refractivity contribution < 1.29 is 4.39 Å². The van der Waals surface area contributed by atoms with Gasteiger partial charge in [0.05, 0.1) is 10.2 Å². The van der Waals surface area contributed by atoms with Gasteiger partial charge in [0, 0.05) is 18.5 Å².